The maximum Gasteiger partial charge on any atom is 0.253 e. The molecule has 0 fully saturated rings. The highest BCUT2D eigenvalue weighted by Gasteiger charge is 2.12. The second kappa shape index (κ2) is 11.4. The molecule has 3 rings (SSSR count). The number of carbonyl (C=O) groups excluding carboxylic acids is 2. The van der Waals surface area contributed by atoms with Crippen molar-refractivity contribution in [2.24, 2.45) is 0 Å². The number of amides is 2. The van der Waals surface area contributed by atoms with E-state index in [1.165, 1.54) is 6.08 Å². The maximum absolute atomic E-state index is 12.7. The van der Waals surface area contributed by atoms with Gasteiger partial charge in [0.05, 0.1) is 25.5 Å². The second-order valence-electron chi connectivity index (χ2n) is 6.97. The molecule has 3 aromatic carbocycles. The highest BCUT2D eigenvalue weighted by Crippen LogP contribution is 2.27. The number of carbonyl (C=O) groups is 2. The molecule has 6 nitrogen and oxygen atoms in total. The summed E-state index contributed by atoms with van der Waals surface area (Å²) in [7, 11) is 3.18. The summed E-state index contributed by atoms with van der Waals surface area (Å²) in [5.41, 5.74) is 2.79. The third kappa shape index (κ3) is 6.22. The monoisotopic (exact) mass is 430 g/mol. The standard InChI is InChI=1S/C26H26N2O4/c1-31-23-14-12-20(18-24(23)32-2)16-17-27-26(30)21-10-6-7-11-22(21)28-25(29)15-13-19-8-4-3-5-9-19/h3-15,18H,16-17H2,1-2H3,(H,27,30)(H,28,29)/b15-13+. The molecule has 3 aromatic rings. The summed E-state index contributed by atoms with van der Waals surface area (Å²) in [5, 5.41) is 5.69. The summed E-state index contributed by atoms with van der Waals surface area (Å²) in [6.45, 7) is 0.435. The molecule has 6 heteroatoms. The predicted molar refractivity (Wildman–Crippen MR) is 126 cm³/mol. The van der Waals surface area contributed by atoms with E-state index in [4.69, 9.17) is 9.47 Å². The summed E-state index contributed by atoms with van der Waals surface area (Å²) in [5.74, 6) is 0.743. The van der Waals surface area contributed by atoms with Gasteiger partial charge in [0.15, 0.2) is 11.5 Å². The lowest BCUT2D eigenvalue weighted by Gasteiger charge is -2.12. The summed E-state index contributed by atoms with van der Waals surface area (Å²) in [4.78, 5) is 25.0. The largest absolute Gasteiger partial charge is 0.493 e. The van der Waals surface area contributed by atoms with Gasteiger partial charge in [0.1, 0.15) is 0 Å². The van der Waals surface area contributed by atoms with E-state index in [1.807, 2.05) is 48.5 Å². The normalized spacial score (nSPS) is 10.6. The molecule has 0 atom stereocenters. The fourth-order valence-corrected chi connectivity index (χ4v) is 3.15. The molecule has 0 aliphatic rings. The van der Waals surface area contributed by atoms with Crippen LogP contribution in [-0.4, -0.2) is 32.6 Å². The maximum atomic E-state index is 12.7. The molecular formula is C26H26N2O4. The van der Waals surface area contributed by atoms with E-state index >= 15 is 0 Å². The van der Waals surface area contributed by atoms with Gasteiger partial charge in [-0.15, -0.1) is 0 Å². The minimum atomic E-state index is -0.306. The molecule has 0 radical (unpaired) electrons. The van der Waals surface area contributed by atoms with Gasteiger partial charge in [0, 0.05) is 12.6 Å². The van der Waals surface area contributed by atoms with Crippen LogP contribution in [0.2, 0.25) is 0 Å². The third-order valence-corrected chi connectivity index (χ3v) is 4.80. The zero-order valence-corrected chi connectivity index (χ0v) is 18.1. The van der Waals surface area contributed by atoms with Gasteiger partial charge in [0.2, 0.25) is 5.91 Å². The van der Waals surface area contributed by atoms with Crippen LogP contribution in [0, 0.1) is 0 Å². The van der Waals surface area contributed by atoms with Crippen LogP contribution in [0.4, 0.5) is 5.69 Å². The Labute approximate surface area is 187 Å². The molecule has 2 N–H and O–H groups in total. The first kappa shape index (κ1) is 22.6. The number of nitrogens with one attached hydrogen (secondary N) is 2. The number of para-hydroxylation sites is 1. The Morgan fingerprint density at radius 1 is 0.875 bits per heavy atom. The van der Waals surface area contributed by atoms with Crippen LogP contribution in [0.3, 0.4) is 0 Å². The third-order valence-electron chi connectivity index (χ3n) is 4.80. The lowest BCUT2D eigenvalue weighted by atomic mass is 10.1. The van der Waals surface area contributed by atoms with Gasteiger partial charge >= 0.3 is 0 Å². The summed E-state index contributed by atoms with van der Waals surface area (Å²) in [6.07, 6.45) is 3.79. The van der Waals surface area contributed by atoms with E-state index in [-0.39, 0.29) is 11.8 Å². The zero-order chi connectivity index (χ0) is 22.8. The van der Waals surface area contributed by atoms with Crippen molar-refractivity contribution in [3.63, 3.8) is 0 Å². The average Bonchev–Trinajstić information content (AvgIpc) is 2.83. The highest BCUT2D eigenvalue weighted by atomic mass is 16.5. The molecule has 0 unspecified atom stereocenters. The molecule has 0 aliphatic carbocycles. The molecule has 2 amide bonds. The Balaban J connectivity index is 1.59. The van der Waals surface area contributed by atoms with Gasteiger partial charge in [-0.3, -0.25) is 9.59 Å². The van der Waals surface area contributed by atoms with Crippen molar-refractivity contribution in [2.75, 3.05) is 26.1 Å². The quantitative estimate of drug-likeness (QED) is 0.496. The van der Waals surface area contributed by atoms with Crippen molar-refractivity contribution in [1.82, 2.24) is 5.32 Å². The Hall–Kier alpha value is -4.06. The summed E-state index contributed by atoms with van der Waals surface area (Å²) < 4.78 is 10.6. The number of methoxy groups -OCH3 is 2. The number of ether oxygens (including phenoxy) is 2. The molecule has 0 spiro atoms. The molecule has 164 valence electrons. The van der Waals surface area contributed by atoms with Crippen molar-refractivity contribution in [2.45, 2.75) is 6.42 Å². The SMILES string of the molecule is COc1ccc(CCNC(=O)c2ccccc2NC(=O)/C=C/c2ccccc2)cc1OC. The Bertz CT molecular complexity index is 1090. The summed E-state index contributed by atoms with van der Waals surface area (Å²) in [6, 6.07) is 22.1. The van der Waals surface area contributed by atoms with E-state index in [2.05, 4.69) is 10.6 Å². The first-order valence-corrected chi connectivity index (χ1v) is 10.2. The Morgan fingerprint density at radius 2 is 1.59 bits per heavy atom. The summed E-state index contributed by atoms with van der Waals surface area (Å²) >= 11 is 0. The Kier molecular flexibility index (Phi) is 8.03. The number of anilines is 1. The molecular weight excluding hydrogens is 404 g/mol. The van der Waals surface area contributed by atoms with Crippen LogP contribution >= 0.6 is 0 Å². The van der Waals surface area contributed by atoms with E-state index in [0.717, 1.165) is 11.1 Å². The molecule has 32 heavy (non-hydrogen) atoms. The van der Waals surface area contributed by atoms with Crippen LogP contribution < -0.4 is 20.1 Å². The van der Waals surface area contributed by atoms with Gasteiger partial charge in [0.25, 0.3) is 5.91 Å². The first-order valence-electron chi connectivity index (χ1n) is 10.2. The van der Waals surface area contributed by atoms with Crippen molar-refractivity contribution >= 4 is 23.6 Å². The lowest BCUT2D eigenvalue weighted by Crippen LogP contribution is -2.27. The highest BCUT2D eigenvalue weighted by molar-refractivity contribution is 6.07. The van der Waals surface area contributed by atoms with Gasteiger partial charge in [-0.25, -0.2) is 0 Å². The van der Waals surface area contributed by atoms with Gasteiger partial charge in [-0.1, -0.05) is 48.5 Å². The van der Waals surface area contributed by atoms with Crippen LogP contribution in [-0.2, 0) is 11.2 Å². The number of hydrogen-bond acceptors (Lipinski definition) is 4. The second-order valence-corrected chi connectivity index (χ2v) is 6.97. The first-order chi connectivity index (χ1) is 15.6. The number of hydrogen-bond donors (Lipinski definition) is 2. The average molecular weight is 431 g/mol. The topological polar surface area (TPSA) is 76.7 Å². The minimum Gasteiger partial charge on any atom is -0.493 e. The zero-order valence-electron chi connectivity index (χ0n) is 18.1. The van der Waals surface area contributed by atoms with Crippen molar-refractivity contribution < 1.29 is 19.1 Å². The molecule has 0 saturated heterocycles. The number of rotatable bonds is 9. The Morgan fingerprint density at radius 3 is 2.34 bits per heavy atom. The van der Waals surface area contributed by atoms with E-state index in [1.54, 1.807) is 44.6 Å². The van der Waals surface area contributed by atoms with Gasteiger partial charge in [-0.05, 0) is 47.9 Å². The molecule has 0 aliphatic heterocycles. The molecule has 0 saturated carbocycles. The fourth-order valence-electron chi connectivity index (χ4n) is 3.15. The van der Waals surface area contributed by atoms with Crippen LogP contribution in [0.15, 0.2) is 78.9 Å². The van der Waals surface area contributed by atoms with Gasteiger partial charge < -0.3 is 20.1 Å². The smallest absolute Gasteiger partial charge is 0.253 e. The van der Waals surface area contributed by atoms with E-state index < -0.39 is 0 Å². The van der Waals surface area contributed by atoms with Crippen molar-refractivity contribution in [3.8, 4) is 11.5 Å². The van der Waals surface area contributed by atoms with Crippen LogP contribution in [0.1, 0.15) is 21.5 Å². The van der Waals surface area contributed by atoms with E-state index in [0.29, 0.717) is 35.7 Å². The fraction of sp³-hybridized carbons (Fsp3) is 0.154. The van der Waals surface area contributed by atoms with Gasteiger partial charge in [-0.2, -0.15) is 0 Å². The van der Waals surface area contributed by atoms with Crippen molar-refractivity contribution in [3.05, 3.63) is 95.6 Å². The number of benzene rings is 3. The van der Waals surface area contributed by atoms with Crippen molar-refractivity contribution in [1.29, 1.82) is 0 Å². The van der Waals surface area contributed by atoms with E-state index in [9.17, 15) is 9.59 Å². The lowest BCUT2D eigenvalue weighted by molar-refractivity contribution is -0.111. The van der Waals surface area contributed by atoms with Crippen LogP contribution in [0.25, 0.3) is 6.08 Å². The molecule has 0 aromatic heterocycles. The molecule has 0 bridgehead atoms. The van der Waals surface area contributed by atoms with Crippen LogP contribution in [0.5, 0.6) is 11.5 Å². The molecule has 0 heterocycles. The minimum absolute atomic E-state index is 0.256. The predicted octanol–water partition coefficient (Wildman–Crippen LogP) is 4.33.